The molecule has 1 atom stereocenters. The Morgan fingerprint density at radius 2 is 1.93 bits per heavy atom. The van der Waals surface area contributed by atoms with Crippen LogP contribution in [0.4, 0.5) is 0 Å². The normalized spacial score (nSPS) is 21.2. The van der Waals surface area contributed by atoms with Gasteiger partial charge in [-0.05, 0) is 38.1 Å². The summed E-state index contributed by atoms with van der Waals surface area (Å²) in [5.74, 6) is 2.02. The minimum absolute atomic E-state index is 0.0778. The lowest BCUT2D eigenvalue weighted by molar-refractivity contribution is -0.122. The Labute approximate surface area is 173 Å². The quantitative estimate of drug-likeness (QED) is 0.770. The van der Waals surface area contributed by atoms with Gasteiger partial charge in [-0.2, -0.15) is 4.98 Å². The first-order valence-electron chi connectivity index (χ1n) is 11.2. The maximum Gasteiger partial charge on any atom is 0.227 e. The van der Waals surface area contributed by atoms with E-state index in [4.69, 9.17) is 4.52 Å². The molecule has 1 aromatic heterocycles. The molecule has 6 heteroatoms. The zero-order chi connectivity index (χ0) is 19.9. The summed E-state index contributed by atoms with van der Waals surface area (Å²) >= 11 is 0. The molecule has 1 saturated carbocycles. The monoisotopic (exact) mass is 396 g/mol. The van der Waals surface area contributed by atoms with Crippen LogP contribution >= 0.6 is 0 Å². The first kappa shape index (κ1) is 20.1. The number of carbonyl (C=O) groups excluding carboxylic acids is 1. The van der Waals surface area contributed by atoms with Gasteiger partial charge in [-0.3, -0.25) is 4.79 Å². The van der Waals surface area contributed by atoms with Crippen molar-refractivity contribution in [2.45, 2.75) is 63.8 Å². The molecule has 2 aromatic rings. The van der Waals surface area contributed by atoms with Crippen molar-refractivity contribution in [2.24, 2.45) is 5.92 Å². The highest BCUT2D eigenvalue weighted by atomic mass is 16.5. The fourth-order valence-electron chi connectivity index (χ4n) is 4.66. The standard InChI is InChI=1S/C23H32N4O2/c28-21(13-14-22-25-23(26-29-22)19-10-5-2-6-11-19)24-20-12-7-15-27(17-20)16-18-8-3-1-4-9-18/h2,5-6,10-11,18,20H,1,3-4,7-9,12-17H2,(H,24,28). The van der Waals surface area contributed by atoms with Crippen LogP contribution in [0.15, 0.2) is 34.9 Å². The van der Waals surface area contributed by atoms with Gasteiger partial charge in [-0.25, -0.2) is 0 Å². The number of aryl methyl sites for hydroxylation is 1. The molecule has 1 amide bonds. The Morgan fingerprint density at radius 3 is 2.76 bits per heavy atom. The van der Waals surface area contributed by atoms with Crippen LogP contribution in [0.3, 0.4) is 0 Å². The van der Waals surface area contributed by atoms with Crippen LogP contribution in [-0.4, -0.2) is 46.6 Å². The van der Waals surface area contributed by atoms with Crippen LogP contribution < -0.4 is 5.32 Å². The Balaban J connectivity index is 1.21. The number of likely N-dealkylation sites (tertiary alicyclic amines) is 1. The van der Waals surface area contributed by atoms with Crippen molar-refractivity contribution in [1.82, 2.24) is 20.4 Å². The summed E-state index contributed by atoms with van der Waals surface area (Å²) < 4.78 is 5.31. The second-order valence-electron chi connectivity index (χ2n) is 8.55. The molecule has 6 nitrogen and oxygen atoms in total. The first-order valence-corrected chi connectivity index (χ1v) is 11.2. The van der Waals surface area contributed by atoms with E-state index in [1.165, 1.54) is 51.6 Å². The van der Waals surface area contributed by atoms with Crippen molar-refractivity contribution in [3.63, 3.8) is 0 Å². The van der Waals surface area contributed by atoms with Gasteiger partial charge in [-0.1, -0.05) is 54.8 Å². The van der Waals surface area contributed by atoms with Gasteiger partial charge in [0.15, 0.2) is 0 Å². The van der Waals surface area contributed by atoms with Crippen molar-refractivity contribution in [3.05, 3.63) is 36.2 Å². The molecule has 0 bridgehead atoms. The lowest BCUT2D eigenvalue weighted by Crippen LogP contribution is -2.49. The van der Waals surface area contributed by atoms with Crippen LogP contribution in [0.5, 0.6) is 0 Å². The molecule has 0 spiro atoms. The molecule has 4 rings (SSSR count). The smallest absolute Gasteiger partial charge is 0.227 e. The summed E-state index contributed by atoms with van der Waals surface area (Å²) in [4.78, 5) is 19.4. The molecule has 2 aliphatic rings. The lowest BCUT2D eigenvalue weighted by atomic mass is 9.88. The third-order valence-electron chi connectivity index (χ3n) is 6.18. The second kappa shape index (κ2) is 10.0. The van der Waals surface area contributed by atoms with E-state index in [1.807, 2.05) is 30.3 Å². The highest BCUT2D eigenvalue weighted by Crippen LogP contribution is 2.25. The number of aromatic nitrogens is 2. The number of nitrogens with zero attached hydrogens (tertiary/aromatic N) is 3. The molecule has 0 radical (unpaired) electrons. The summed E-state index contributed by atoms with van der Waals surface area (Å²) in [5.41, 5.74) is 0.923. The van der Waals surface area contributed by atoms with Crippen LogP contribution in [0.1, 0.15) is 57.3 Å². The van der Waals surface area contributed by atoms with E-state index in [-0.39, 0.29) is 11.9 Å². The lowest BCUT2D eigenvalue weighted by Gasteiger charge is -2.36. The van der Waals surface area contributed by atoms with Gasteiger partial charge in [0.2, 0.25) is 17.6 Å². The number of hydrogen-bond donors (Lipinski definition) is 1. The summed E-state index contributed by atoms with van der Waals surface area (Å²) in [6.07, 6.45) is 10.0. The van der Waals surface area contributed by atoms with Crippen molar-refractivity contribution < 1.29 is 9.32 Å². The zero-order valence-corrected chi connectivity index (χ0v) is 17.2. The van der Waals surface area contributed by atoms with E-state index in [1.54, 1.807) is 0 Å². The summed E-state index contributed by atoms with van der Waals surface area (Å²) in [7, 11) is 0. The summed E-state index contributed by atoms with van der Waals surface area (Å²) in [6, 6.07) is 10.0. The average molecular weight is 397 g/mol. The van der Waals surface area contributed by atoms with Crippen LogP contribution in [0.25, 0.3) is 11.4 Å². The van der Waals surface area contributed by atoms with Gasteiger partial charge < -0.3 is 14.7 Å². The van der Waals surface area contributed by atoms with E-state index in [0.29, 0.717) is 24.6 Å². The molecule has 1 aliphatic carbocycles. The molecule has 1 saturated heterocycles. The molecule has 156 valence electrons. The van der Waals surface area contributed by atoms with E-state index < -0.39 is 0 Å². The fraction of sp³-hybridized carbons (Fsp3) is 0.609. The van der Waals surface area contributed by atoms with E-state index >= 15 is 0 Å². The Bertz CT molecular complexity index is 770. The Morgan fingerprint density at radius 1 is 1.10 bits per heavy atom. The second-order valence-corrected chi connectivity index (χ2v) is 8.55. The molecular weight excluding hydrogens is 364 g/mol. The average Bonchev–Trinajstić information content (AvgIpc) is 3.23. The number of carbonyl (C=O) groups is 1. The van der Waals surface area contributed by atoms with Crippen LogP contribution in [-0.2, 0) is 11.2 Å². The van der Waals surface area contributed by atoms with Crippen LogP contribution in [0, 0.1) is 5.92 Å². The number of piperidine rings is 1. The minimum atomic E-state index is 0.0778. The number of nitrogens with one attached hydrogen (secondary N) is 1. The van der Waals surface area contributed by atoms with E-state index in [2.05, 4.69) is 20.4 Å². The summed E-state index contributed by atoms with van der Waals surface area (Å²) in [6.45, 7) is 3.37. The van der Waals surface area contributed by atoms with Gasteiger partial charge >= 0.3 is 0 Å². The predicted octanol–water partition coefficient (Wildman–Crippen LogP) is 3.83. The maximum atomic E-state index is 12.4. The zero-order valence-electron chi connectivity index (χ0n) is 17.2. The van der Waals surface area contributed by atoms with Gasteiger partial charge in [0.25, 0.3) is 0 Å². The topological polar surface area (TPSA) is 71.3 Å². The van der Waals surface area contributed by atoms with Gasteiger partial charge in [0.05, 0.1) is 0 Å². The number of benzene rings is 1. The van der Waals surface area contributed by atoms with E-state index in [0.717, 1.165) is 24.4 Å². The molecule has 29 heavy (non-hydrogen) atoms. The number of hydrogen-bond acceptors (Lipinski definition) is 5. The highest BCUT2D eigenvalue weighted by molar-refractivity contribution is 5.76. The number of rotatable bonds is 7. The largest absolute Gasteiger partial charge is 0.352 e. The Hall–Kier alpha value is -2.21. The molecule has 1 aromatic carbocycles. The third-order valence-corrected chi connectivity index (χ3v) is 6.18. The minimum Gasteiger partial charge on any atom is -0.352 e. The maximum absolute atomic E-state index is 12.4. The first-order chi connectivity index (χ1) is 14.3. The van der Waals surface area contributed by atoms with Crippen molar-refractivity contribution in [2.75, 3.05) is 19.6 Å². The number of amides is 1. The van der Waals surface area contributed by atoms with E-state index in [9.17, 15) is 4.79 Å². The van der Waals surface area contributed by atoms with Crippen molar-refractivity contribution >= 4 is 5.91 Å². The Kier molecular flexibility index (Phi) is 6.93. The van der Waals surface area contributed by atoms with Gasteiger partial charge in [0.1, 0.15) is 0 Å². The fourth-order valence-corrected chi connectivity index (χ4v) is 4.66. The summed E-state index contributed by atoms with van der Waals surface area (Å²) in [5, 5.41) is 7.25. The van der Waals surface area contributed by atoms with Gasteiger partial charge in [-0.15, -0.1) is 0 Å². The predicted molar refractivity (Wildman–Crippen MR) is 112 cm³/mol. The highest BCUT2D eigenvalue weighted by Gasteiger charge is 2.24. The molecule has 1 aliphatic heterocycles. The van der Waals surface area contributed by atoms with Crippen molar-refractivity contribution in [1.29, 1.82) is 0 Å². The van der Waals surface area contributed by atoms with Gasteiger partial charge in [0, 0.05) is 37.5 Å². The molecule has 2 fully saturated rings. The third kappa shape index (κ3) is 5.89. The van der Waals surface area contributed by atoms with Crippen molar-refractivity contribution in [3.8, 4) is 11.4 Å². The molecule has 1 unspecified atom stereocenters. The molecule has 1 N–H and O–H groups in total. The molecule has 2 heterocycles. The SMILES string of the molecule is O=C(CCc1nc(-c2ccccc2)no1)NC1CCCN(CC2CCCCC2)C1. The van der Waals surface area contributed by atoms with Crippen LogP contribution in [0.2, 0.25) is 0 Å². The molecular formula is C23H32N4O2.